The van der Waals surface area contributed by atoms with Crippen LogP contribution < -0.4 is 0 Å². The molecule has 1 unspecified atom stereocenters. The van der Waals surface area contributed by atoms with E-state index in [2.05, 4.69) is 40.7 Å². The number of rotatable bonds is 22. The maximum absolute atomic E-state index is 10.6. The summed E-state index contributed by atoms with van der Waals surface area (Å²) in [6.45, 7) is 12.8. The molecular formula is C45H78O3. The number of carboxylic acids is 1. The minimum atomic E-state index is -0.832. The monoisotopic (exact) mass is 667 g/mol. The average Bonchev–Trinajstić information content (AvgIpc) is 3.39. The summed E-state index contributed by atoms with van der Waals surface area (Å²) in [5, 5.41) is 19.3. The van der Waals surface area contributed by atoms with Gasteiger partial charge in [0.2, 0.25) is 0 Å². The van der Waals surface area contributed by atoms with Gasteiger partial charge in [0, 0.05) is 6.08 Å². The normalized spacial score (nSPS) is 33.8. The third kappa shape index (κ3) is 10.7. The van der Waals surface area contributed by atoms with Crippen LogP contribution in [0.3, 0.4) is 0 Å². The van der Waals surface area contributed by atoms with E-state index in [1.807, 2.05) is 0 Å². The van der Waals surface area contributed by atoms with Gasteiger partial charge in [0.15, 0.2) is 0 Å². The molecule has 0 heterocycles. The zero-order chi connectivity index (χ0) is 34.6. The Morgan fingerprint density at radius 3 is 2.10 bits per heavy atom. The number of carbonyl (C=O) groups is 1. The summed E-state index contributed by atoms with van der Waals surface area (Å²) in [6, 6.07) is 0. The summed E-state index contributed by atoms with van der Waals surface area (Å²) < 4.78 is 0. The van der Waals surface area contributed by atoms with Gasteiger partial charge in [-0.2, -0.15) is 0 Å². The van der Waals surface area contributed by atoms with Crippen LogP contribution in [0.25, 0.3) is 0 Å². The van der Waals surface area contributed by atoms with E-state index < -0.39 is 5.97 Å². The van der Waals surface area contributed by atoms with Gasteiger partial charge in [-0.05, 0) is 110 Å². The Hall–Kier alpha value is -1.09. The SMILES string of the molecule is CC(C)CCC[C@@H](C)[C@H]1CC[C@H]2[C@@H]3CC=C4C[C@@H](O)CC[C@]4(C)[C@H]3C(CCCCCCCCCCCCCCC/C=C/C(=O)O)C[C@]12C. The Kier molecular flexibility index (Phi) is 16.1. The number of aliphatic hydroxyl groups excluding tert-OH is 1. The van der Waals surface area contributed by atoms with Crippen molar-refractivity contribution in [3.8, 4) is 0 Å². The van der Waals surface area contributed by atoms with E-state index in [1.54, 1.807) is 11.6 Å². The second-order valence-corrected chi connectivity index (χ2v) is 18.4. The van der Waals surface area contributed by atoms with Gasteiger partial charge in [-0.25, -0.2) is 4.79 Å². The first-order valence-corrected chi connectivity index (χ1v) is 21.3. The van der Waals surface area contributed by atoms with Crippen molar-refractivity contribution in [2.45, 2.75) is 201 Å². The van der Waals surface area contributed by atoms with Crippen LogP contribution in [-0.2, 0) is 4.79 Å². The molecule has 9 atom stereocenters. The van der Waals surface area contributed by atoms with E-state index in [-0.39, 0.29) is 6.10 Å². The predicted octanol–water partition coefficient (Wildman–Crippen LogP) is 13.1. The minimum Gasteiger partial charge on any atom is -0.478 e. The summed E-state index contributed by atoms with van der Waals surface area (Å²) >= 11 is 0. The molecule has 0 aliphatic heterocycles. The van der Waals surface area contributed by atoms with Crippen molar-refractivity contribution < 1.29 is 15.0 Å². The van der Waals surface area contributed by atoms with E-state index in [9.17, 15) is 9.90 Å². The van der Waals surface area contributed by atoms with Crippen LogP contribution in [0.1, 0.15) is 195 Å². The lowest BCUT2D eigenvalue weighted by molar-refractivity contribution is -0.131. The first-order valence-electron chi connectivity index (χ1n) is 21.3. The maximum atomic E-state index is 10.6. The molecule has 48 heavy (non-hydrogen) atoms. The van der Waals surface area contributed by atoms with Gasteiger partial charge in [-0.15, -0.1) is 0 Å². The summed E-state index contributed by atoms with van der Waals surface area (Å²) in [4.78, 5) is 10.5. The Bertz CT molecular complexity index is 1010. The van der Waals surface area contributed by atoms with Crippen molar-refractivity contribution >= 4 is 5.97 Å². The second kappa shape index (κ2) is 19.5. The quantitative estimate of drug-likeness (QED) is 0.0687. The molecule has 0 aromatic carbocycles. The van der Waals surface area contributed by atoms with E-state index in [1.165, 1.54) is 141 Å². The molecule has 4 aliphatic rings. The highest BCUT2D eigenvalue weighted by Gasteiger charge is 2.61. The second-order valence-electron chi connectivity index (χ2n) is 18.4. The van der Waals surface area contributed by atoms with Gasteiger partial charge in [-0.3, -0.25) is 0 Å². The van der Waals surface area contributed by atoms with Crippen molar-refractivity contribution in [2.24, 2.45) is 52.3 Å². The molecule has 3 heteroatoms. The Balaban J connectivity index is 1.21. The fourth-order valence-corrected chi connectivity index (χ4v) is 12.1. The zero-order valence-electron chi connectivity index (χ0n) is 32.3. The Morgan fingerprint density at radius 1 is 0.854 bits per heavy atom. The molecule has 0 aromatic rings. The molecule has 0 amide bonds. The Labute approximate surface area is 297 Å². The largest absolute Gasteiger partial charge is 0.478 e. The first kappa shape index (κ1) is 39.7. The van der Waals surface area contributed by atoms with Crippen LogP contribution in [0.15, 0.2) is 23.8 Å². The number of hydrogen-bond acceptors (Lipinski definition) is 2. The summed E-state index contributed by atoms with van der Waals surface area (Å²) in [5.41, 5.74) is 2.49. The van der Waals surface area contributed by atoms with Crippen molar-refractivity contribution in [1.29, 1.82) is 0 Å². The summed E-state index contributed by atoms with van der Waals surface area (Å²) in [5.74, 6) is 5.26. The number of allylic oxidation sites excluding steroid dienone is 2. The molecule has 2 N–H and O–H groups in total. The Morgan fingerprint density at radius 2 is 1.48 bits per heavy atom. The van der Waals surface area contributed by atoms with Gasteiger partial charge in [0.05, 0.1) is 6.10 Å². The zero-order valence-corrected chi connectivity index (χ0v) is 32.3. The van der Waals surface area contributed by atoms with Gasteiger partial charge in [0.25, 0.3) is 0 Å². The van der Waals surface area contributed by atoms with Crippen molar-refractivity contribution in [3.05, 3.63) is 23.8 Å². The smallest absolute Gasteiger partial charge is 0.327 e. The van der Waals surface area contributed by atoms with E-state index in [0.29, 0.717) is 10.8 Å². The topological polar surface area (TPSA) is 57.5 Å². The van der Waals surface area contributed by atoms with Gasteiger partial charge < -0.3 is 10.2 Å². The highest BCUT2D eigenvalue weighted by molar-refractivity contribution is 5.79. The first-order chi connectivity index (χ1) is 23.1. The fourth-order valence-electron chi connectivity index (χ4n) is 12.1. The minimum absolute atomic E-state index is 0.110. The molecule has 3 fully saturated rings. The van der Waals surface area contributed by atoms with Crippen molar-refractivity contribution in [3.63, 3.8) is 0 Å². The number of unbranched alkanes of at least 4 members (excludes halogenated alkanes) is 13. The molecule has 4 rings (SSSR count). The van der Waals surface area contributed by atoms with E-state index in [4.69, 9.17) is 5.11 Å². The number of hydrogen-bond donors (Lipinski definition) is 2. The van der Waals surface area contributed by atoms with Crippen LogP contribution in [0.4, 0.5) is 0 Å². The van der Waals surface area contributed by atoms with Crippen LogP contribution in [0.5, 0.6) is 0 Å². The summed E-state index contributed by atoms with van der Waals surface area (Å²) in [6.07, 6.45) is 38.6. The lowest BCUT2D eigenvalue weighted by Crippen LogP contribution is -2.54. The summed E-state index contributed by atoms with van der Waals surface area (Å²) in [7, 11) is 0. The number of aliphatic hydroxyl groups is 1. The molecule has 0 spiro atoms. The molecule has 276 valence electrons. The van der Waals surface area contributed by atoms with Gasteiger partial charge in [-0.1, -0.05) is 155 Å². The number of aliphatic carboxylic acids is 1. The maximum Gasteiger partial charge on any atom is 0.327 e. The molecule has 0 saturated heterocycles. The lowest BCUT2D eigenvalue weighted by Gasteiger charge is -2.61. The fraction of sp³-hybridized carbons (Fsp3) is 0.889. The van der Waals surface area contributed by atoms with E-state index in [0.717, 1.165) is 67.1 Å². The molecule has 0 bridgehead atoms. The van der Waals surface area contributed by atoms with Crippen LogP contribution in [0, 0.1) is 52.3 Å². The molecule has 4 aliphatic carbocycles. The van der Waals surface area contributed by atoms with Crippen molar-refractivity contribution in [1.82, 2.24) is 0 Å². The molecule has 3 saturated carbocycles. The third-order valence-electron chi connectivity index (χ3n) is 14.6. The highest BCUT2D eigenvalue weighted by Crippen LogP contribution is 2.69. The average molecular weight is 667 g/mol. The van der Waals surface area contributed by atoms with Crippen LogP contribution in [-0.4, -0.2) is 22.3 Å². The molecule has 3 nitrogen and oxygen atoms in total. The lowest BCUT2D eigenvalue weighted by atomic mass is 9.43. The van der Waals surface area contributed by atoms with E-state index >= 15 is 0 Å². The standard InChI is InChI=1S/C45H78O3/c1-34(2)22-21-23-35(3)40-28-29-41-39-27-26-37-32-38(46)30-31-44(37,4)43(39)36(33-45(40,41)5)24-19-17-15-13-11-9-7-6-8-10-12-14-16-18-20-25-42(47)48/h20,25-26,34-36,38-41,43,46H,6-19,21-24,27-33H2,1-5H3,(H,47,48)/b25-20+/t35-,36?,38+,39+,40-,41+,43+,44+,45-/m1/s1. The molecular weight excluding hydrogens is 588 g/mol. The van der Waals surface area contributed by atoms with Gasteiger partial charge >= 0.3 is 5.97 Å². The predicted molar refractivity (Wildman–Crippen MR) is 204 cm³/mol. The van der Waals surface area contributed by atoms with Gasteiger partial charge in [0.1, 0.15) is 0 Å². The molecule has 0 aromatic heterocycles. The molecule has 0 radical (unpaired) electrons. The van der Waals surface area contributed by atoms with Crippen LogP contribution in [0.2, 0.25) is 0 Å². The number of carboxylic acid groups (broad SMARTS) is 1. The third-order valence-corrected chi connectivity index (χ3v) is 14.6. The number of fused-ring (bicyclic) bond motifs is 5. The van der Waals surface area contributed by atoms with Crippen LogP contribution >= 0.6 is 0 Å². The van der Waals surface area contributed by atoms with Crippen molar-refractivity contribution in [2.75, 3.05) is 0 Å². The highest BCUT2D eigenvalue weighted by atomic mass is 16.4.